The van der Waals surface area contributed by atoms with Gasteiger partial charge < -0.3 is 5.32 Å². The SMILES string of the molecule is CCN(C1CNC1)S(=O)(=O)C(F)(F)F. The smallest absolute Gasteiger partial charge is 0.313 e. The Bertz CT molecular complexity index is 297. The van der Waals surface area contributed by atoms with Crippen LogP contribution in [0.2, 0.25) is 0 Å². The molecule has 0 saturated carbocycles. The Morgan fingerprint density at radius 3 is 2.14 bits per heavy atom. The largest absolute Gasteiger partial charge is 0.511 e. The number of halogens is 3. The number of hydrogen-bond donors (Lipinski definition) is 1. The highest BCUT2D eigenvalue weighted by atomic mass is 32.2. The molecule has 0 bridgehead atoms. The van der Waals surface area contributed by atoms with Crippen LogP contribution in [-0.2, 0) is 10.0 Å². The highest BCUT2D eigenvalue weighted by Gasteiger charge is 2.52. The first-order valence-electron chi connectivity index (χ1n) is 4.09. The molecule has 4 nitrogen and oxygen atoms in total. The molecule has 0 spiro atoms. The fourth-order valence-corrected chi connectivity index (χ4v) is 2.38. The van der Waals surface area contributed by atoms with E-state index in [4.69, 9.17) is 0 Å². The van der Waals surface area contributed by atoms with E-state index in [0.717, 1.165) is 0 Å². The molecular formula is C6H11F3N2O2S. The molecular weight excluding hydrogens is 221 g/mol. The standard InChI is InChI=1S/C6H11F3N2O2S/c1-2-11(5-3-10-4-5)14(12,13)6(7,8)9/h5,10H,2-4H2,1H3. The van der Waals surface area contributed by atoms with Crippen molar-refractivity contribution in [2.45, 2.75) is 18.5 Å². The second-order valence-electron chi connectivity index (χ2n) is 2.97. The molecule has 0 aromatic carbocycles. The summed E-state index contributed by atoms with van der Waals surface area (Å²) < 4.78 is 58.9. The van der Waals surface area contributed by atoms with Crippen LogP contribution in [0.15, 0.2) is 0 Å². The summed E-state index contributed by atoms with van der Waals surface area (Å²) >= 11 is 0. The van der Waals surface area contributed by atoms with Crippen LogP contribution in [0, 0.1) is 0 Å². The molecule has 1 rings (SSSR count). The number of alkyl halides is 3. The minimum atomic E-state index is -5.20. The second-order valence-corrected chi connectivity index (χ2v) is 4.85. The average molecular weight is 232 g/mol. The maximum absolute atomic E-state index is 12.1. The normalized spacial score (nSPS) is 19.8. The molecule has 0 atom stereocenters. The summed E-state index contributed by atoms with van der Waals surface area (Å²) in [6.45, 7) is 1.79. The van der Waals surface area contributed by atoms with Crippen molar-refractivity contribution < 1.29 is 21.6 Å². The van der Waals surface area contributed by atoms with Gasteiger partial charge in [-0.25, -0.2) is 8.42 Å². The number of likely N-dealkylation sites (N-methyl/N-ethyl adjacent to an activating group) is 1. The number of rotatable bonds is 3. The van der Waals surface area contributed by atoms with Crippen molar-refractivity contribution in [2.24, 2.45) is 0 Å². The molecule has 84 valence electrons. The number of nitrogens with one attached hydrogen (secondary N) is 1. The van der Waals surface area contributed by atoms with Gasteiger partial charge in [-0.15, -0.1) is 0 Å². The fraction of sp³-hybridized carbons (Fsp3) is 1.00. The summed E-state index contributed by atoms with van der Waals surface area (Å²) in [5.74, 6) is 0. The van der Waals surface area contributed by atoms with Gasteiger partial charge in [-0.2, -0.15) is 17.5 Å². The molecule has 1 saturated heterocycles. The van der Waals surface area contributed by atoms with Crippen LogP contribution in [0.4, 0.5) is 13.2 Å². The number of nitrogens with zero attached hydrogens (tertiary/aromatic N) is 1. The van der Waals surface area contributed by atoms with Crippen LogP contribution in [0.5, 0.6) is 0 Å². The van der Waals surface area contributed by atoms with Crippen LogP contribution in [0.25, 0.3) is 0 Å². The van der Waals surface area contributed by atoms with E-state index in [1.165, 1.54) is 6.92 Å². The molecule has 0 aromatic rings. The highest BCUT2D eigenvalue weighted by molar-refractivity contribution is 7.90. The Morgan fingerprint density at radius 1 is 1.43 bits per heavy atom. The van der Waals surface area contributed by atoms with Gasteiger partial charge in [0.15, 0.2) is 0 Å². The van der Waals surface area contributed by atoms with Crippen LogP contribution >= 0.6 is 0 Å². The molecule has 0 amide bonds. The van der Waals surface area contributed by atoms with E-state index in [1.807, 2.05) is 0 Å². The first kappa shape index (κ1) is 11.7. The lowest BCUT2D eigenvalue weighted by Crippen LogP contribution is -2.60. The van der Waals surface area contributed by atoms with Gasteiger partial charge in [0.2, 0.25) is 0 Å². The topological polar surface area (TPSA) is 49.4 Å². The van der Waals surface area contributed by atoms with Crippen LogP contribution in [0.3, 0.4) is 0 Å². The zero-order valence-corrected chi connectivity index (χ0v) is 8.32. The summed E-state index contributed by atoms with van der Waals surface area (Å²) in [5, 5.41) is 2.73. The Morgan fingerprint density at radius 2 is 1.93 bits per heavy atom. The Labute approximate surface area is 80.1 Å². The van der Waals surface area contributed by atoms with Gasteiger partial charge in [0.05, 0.1) is 0 Å². The molecule has 1 aliphatic heterocycles. The zero-order valence-electron chi connectivity index (χ0n) is 7.50. The van der Waals surface area contributed by atoms with Crippen LogP contribution < -0.4 is 5.32 Å². The van der Waals surface area contributed by atoms with E-state index in [2.05, 4.69) is 5.32 Å². The number of hydrogen-bond acceptors (Lipinski definition) is 3. The Balaban J connectivity index is 2.88. The lowest BCUT2D eigenvalue weighted by atomic mass is 10.2. The third kappa shape index (κ3) is 1.86. The first-order valence-corrected chi connectivity index (χ1v) is 5.53. The Kier molecular flexibility index (Phi) is 3.07. The van der Waals surface area contributed by atoms with Gasteiger partial charge in [0.25, 0.3) is 0 Å². The van der Waals surface area contributed by atoms with Crippen molar-refractivity contribution in [3.8, 4) is 0 Å². The molecule has 1 aliphatic rings. The summed E-state index contributed by atoms with van der Waals surface area (Å²) in [4.78, 5) is 0. The summed E-state index contributed by atoms with van der Waals surface area (Å²) in [6.07, 6.45) is 0. The van der Waals surface area contributed by atoms with Gasteiger partial charge in [-0.05, 0) is 0 Å². The van der Waals surface area contributed by atoms with E-state index < -0.39 is 21.6 Å². The van der Waals surface area contributed by atoms with E-state index in [9.17, 15) is 21.6 Å². The monoisotopic (exact) mass is 232 g/mol. The van der Waals surface area contributed by atoms with Crippen molar-refractivity contribution in [1.82, 2.24) is 9.62 Å². The lowest BCUT2D eigenvalue weighted by Gasteiger charge is -2.36. The average Bonchev–Trinajstić information content (AvgIpc) is 1.93. The lowest BCUT2D eigenvalue weighted by molar-refractivity contribution is -0.0505. The highest BCUT2D eigenvalue weighted by Crippen LogP contribution is 2.28. The van der Waals surface area contributed by atoms with Gasteiger partial charge in [0, 0.05) is 25.7 Å². The molecule has 1 heterocycles. The quantitative estimate of drug-likeness (QED) is 0.752. The molecule has 0 aliphatic carbocycles. The third-order valence-electron chi connectivity index (χ3n) is 2.08. The predicted molar refractivity (Wildman–Crippen MR) is 44.0 cm³/mol. The van der Waals surface area contributed by atoms with Gasteiger partial charge in [-0.1, -0.05) is 6.92 Å². The van der Waals surface area contributed by atoms with E-state index in [-0.39, 0.29) is 19.6 Å². The van der Waals surface area contributed by atoms with Crippen molar-refractivity contribution >= 4 is 10.0 Å². The van der Waals surface area contributed by atoms with Gasteiger partial charge in [0.1, 0.15) is 0 Å². The van der Waals surface area contributed by atoms with E-state index in [1.54, 1.807) is 0 Å². The summed E-state index contributed by atoms with van der Waals surface area (Å²) in [5.41, 5.74) is -5.20. The molecule has 8 heteroatoms. The van der Waals surface area contributed by atoms with Crippen molar-refractivity contribution in [1.29, 1.82) is 0 Å². The molecule has 1 fully saturated rings. The molecule has 0 aromatic heterocycles. The van der Waals surface area contributed by atoms with Crippen molar-refractivity contribution in [3.05, 3.63) is 0 Å². The predicted octanol–water partition coefficient (Wildman–Crippen LogP) is 0.130. The summed E-state index contributed by atoms with van der Waals surface area (Å²) in [6, 6.07) is -0.563. The summed E-state index contributed by atoms with van der Waals surface area (Å²) in [7, 11) is -5.16. The van der Waals surface area contributed by atoms with Gasteiger partial charge in [-0.3, -0.25) is 0 Å². The Hall–Kier alpha value is -0.340. The number of sulfonamides is 1. The fourth-order valence-electron chi connectivity index (χ4n) is 1.23. The maximum Gasteiger partial charge on any atom is 0.511 e. The van der Waals surface area contributed by atoms with Crippen molar-refractivity contribution in [3.63, 3.8) is 0 Å². The molecule has 14 heavy (non-hydrogen) atoms. The van der Waals surface area contributed by atoms with Crippen molar-refractivity contribution in [2.75, 3.05) is 19.6 Å². The zero-order chi connectivity index (χ0) is 11.0. The first-order chi connectivity index (χ1) is 6.30. The minimum Gasteiger partial charge on any atom is -0.313 e. The molecule has 1 N–H and O–H groups in total. The minimum absolute atomic E-state index is 0.159. The second kappa shape index (κ2) is 3.67. The van der Waals surface area contributed by atoms with Gasteiger partial charge >= 0.3 is 15.5 Å². The van der Waals surface area contributed by atoms with Crippen LogP contribution in [0.1, 0.15) is 6.92 Å². The maximum atomic E-state index is 12.1. The van der Waals surface area contributed by atoms with Crippen LogP contribution in [-0.4, -0.2) is 43.9 Å². The molecule has 0 unspecified atom stereocenters. The molecule has 0 radical (unpaired) electrons. The third-order valence-corrected chi connectivity index (χ3v) is 3.84. The van der Waals surface area contributed by atoms with E-state index in [0.29, 0.717) is 4.31 Å². The van der Waals surface area contributed by atoms with E-state index >= 15 is 0 Å².